The van der Waals surface area contributed by atoms with Crippen LogP contribution in [0.15, 0.2) is 36.4 Å². The summed E-state index contributed by atoms with van der Waals surface area (Å²) in [6.45, 7) is 3.09. The van der Waals surface area contributed by atoms with Crippen LogP contribution < -0.4 is 5.32 Å². The minimum Gasteiger partial charge on any atom is -0.452 e. The number of ether oxygens (including phenoxy) is 1. The lowest BCUT2D eigenvalue weighted by molar-refractivity contribution is -0.384. The second-order valence-electron chi connectivity index (χ2n) is 5.47. The lowest BCUT2D eigenvalue weighted by Gasteiger charge is -2.10. The predicted octanol–water partition coefficient (Wildman–Crippen LogP) is 2.88. The van der Waals surface area contributed by atoms with E-state index in [0.717, 1.165) is 17.2 Å². The number of esters is 1. The third-order valence-corrected chi connectivity index (χ3v) is 3.77. The maximum absolute atomic E-state index is 12.1. The van der Waals surface area contributed by atoms with Crippen molar-refractivity contribution in [2.45, 2.75) is 13.8 Å². The van der Waals surface area contributed by atoms with Crippen molar-refractivity contribution in [2.75, 3.05) is 11.9 Å². The summed E-state index contributed by atoms with van der Waals surface area (Å²) >= 11 is 0. The number of non-ortho nitro benzene ring substituents is 1. The number of benzene rings is 2. The molecule has 8 heteroatoms. The maximum Gasteiger partial charge on any atom is 0.338 e. The number of carbonyl (C=O) groups excluding carboxylic acids is 2. The molecule has 0 fully saturated rings. The molecule has 0 unspecified atom stereocenters. The molecule has 0 atom stereocenters. The number of anilines is 1. The SMILES string of the molecule is Cc1cccc(C(=O)OCC(=O)Nc2ccc([N+](=O)[O-])cc2C#N)c1C. The predicted molar refractivity (Wildman–Crippen MR) is 92.6 cm³/mol. The summed E-state index contributed by atoms with van der Waals surface area (Å²) in [4.78, 5) is 34.1. The molecule has 1 amide bonds. The molecule has 2 aromatic rings. The Morgan fingerprint density at radius 3 is 2.65 bits per heavy atom. The monoisotopic (exact) mass is 353 g/mol. The normalized spacial score (nSPS) is 9.88. The van der Waals surface area contributed by atoms with Crippen LogP contribution in [0.2, 0.25) is 0 Å². The van der Waals surface area contributed by atoms with Crippen molar-refractivity contribution in [1.82, 2.24) is 0 Å². The summed E-state index contributed by atoms with van der Waals surface area (Å²) in [7, 11) is 0. The first-order chi connectivity index (χ1) is 12.3. The van der Waals surface area contributed by atoms with Crippen LogP contribution in [0.25, 0.3) is 0 Å². The molecule has 0 aliphatic rings. The zero-order valence-electron chi connectivity index (χ0n) is 14.1. The number of nitrogens with zero attached hydrogens (tertiary/aromatic N) is 2. The van der Waals surface area contributed by atoms with Gasteiger partial charge in [-0.1, -0.05) is 12.1 Å². The molecule has 132 valence electrons. The van der Waals surface area contributed by atoms with E-state index in [1.54, 1.807) is 25.1 Å². The number of amides is 1. The van der Waals surface area contributed by atoms with Crippen molar-refractivity contribution in [3.63, 3.8) is 0 Å². The molecule has 8 nitrogen and oxygen atoms in total. The molecule has 0 bridgehead atoms. The molecule has 0 aliphatic carbocycles. The molecular formula is C18H15N3O5. The van der Waals surface area contributed by atoms with E-state index < -0.39 is 23.4 Å². The first-order valence-corrected chi connectivity index (χ1v) is 7.55. The fourth-order valence-electron chi connectivity index (χ4n) is 2.21. The standard InChI is InChI=1S/C18H15N3O5/c1-11-4-3-5-15(12(11)2)18(23)26-10-17(22)20-16-7-6-14(21(24)25)8-13(16)9-19/h3-8H,10H2,1-2H3,(H,20,22). The molecular weight excluding hydrogens is 338 g/mol. The number of hydrogen-bond acceptors (Lipinski definition) is 6. The van der Waals surface area contributed by atoms with E-state index in [-0.39, 0.29) is 16.9 Å². The third-order valence-electron chi connectivity index (χ3n) is 3.77. The van der Waals surface area contributed by atoms with Gasteiger partial charge in [0.15, 0.2) is 6.61 Å². The van der Waals surface area contributed by atoms with Crippen molar-refractivity contribution in [3.8, 4) is 6.07 Å². The Kier molecular flexibility index (Phi) is 5.65. The van der Waals surface area contributed by atoms with Crippen molar-refractivity contribution >= 4 is 23.3 Å². The number of carbonyl (C=O) groups is 2. The molecule has 0 aromatic heterocycles. The van der Waals surface area contributed by atoms with Crippen molar-refractivity contribution < 1.29 is 19.2 Å². The van der Waals surface area contributed by atoms with Crippen LogP contribution in [0.4, 0.5) is 11.4 Å². The highest BCUT2D eigenvalue weighted by Gasteiger charge is 2.16. The van der Waals surface area contributed by atoms with E-state index in [1.807, 2.05) is 13.0 Å². The maximum atomic E-state index is 12.1. The number of aryl methyl sites for hydroxylation is 1. The second-order valence-corrected chi connectivity index (χ2v) is 5.47. The Morgan fingerprint density at radius 1 is 1.27 bits per heavy atom. The molecule has 2 aromatic carbocycles. The number of rotatable bonds is 5. The van der Waals surface area contributed by atoms with Crippen LogP contribution in [0.3, 0.4) is 0 Å². The van der Waals surface area contributed by atoms with Gasteiger partial charge >= 0.3 is 5.97 Å². The zero-order chi connectivity index (χ0) is 19.3. The molecule has 0 saturated carbocycles. The average molecular weight is 353 g/mol. The summed E-state index contributed by atoms with van der Waals surface area (Å²) < 4.78 is 4.99. The van der Waals surface area contributed by atoms with E-state index in [0.29, 0.717) is 5.56 Å². The Labute approximate surface area is 149 Å². The number of nitro benzene ring substituents is 1. The first kappa shape index (κ1) is 18.6. The Balaban J connectivity index is 2.03. The summed E-state index contributed by atoms with van der Waals surface area (Å²) in [6, 6.07) is 10.4. The molecule has 0 heterocycles. The van der Waals surface area contributed by atoms with Gasteiger partial charge in [0.1, 0.15) is 6.07 Å². The molecule has 0 radical (unpaired) electrons. The highest BCUT2D eigenvalue weighted by molar-refractivity contribution is 5.97. The van der Waals surface area contributed by atoms with Gasteiger partial charge in [-0.05, 0) is 37.1 Å². The van der Waals surface area contributed by atoms with Gasteiger partial charge in [-0.25, -0.2) is 4.79 Å². The van der Waals surface area contributed by atoms with Crippen molar-refractivity contribution in [1.29, 1.82) is 5.26 Å². The van der Waals surface area contributed by atoms with Crippen LogP contribution in [-0.2, 0) is 9.53 Å². The van der Waals surface area contributed by atoms with Crippen LogP contribution in [0.5, 0.6) is 0 Å². The lowest BCUT2D eigenvalue weighted by Crippen LogP contribution is -2.21. The largest absolute Gasteiger partial charge is 0.452 e. The van der Waals surface area contributed by atoms with Crippen molar-refractivity contribution in [2.24, 2.45) is 0 Å². The van der Waals surface area contributed by atoms with Gasteiger partial charge in [-0.2, -0.15) is 5.26 Å². The van der Waals surface area contributed by atoms with Crippen LogP contribution in [0.1, 0.15) is 27.0 Å². The van der Waals surface area contributed by atoms with E-state index in [1.165, 1.54) is 12.1 Å². The Bertz CT molecular complexity index is 931. The number of nitrogens with one attached hydrogen (secondary N) is 1. The topological polar surface area (TPSA) is 122 Å². The first-order valence-electron chi connectivity index (χ1n) is 7.55. The van der Waals surface area contributed by atoms with Crippen LogP contribution in [-0.4, -0.2) is 23.4 Å². The number of hydrogen-bond donors (Lipinski definition) is 1. The van der Waals surface area contributed by atoms with Gasteiger partial charge in [0.05, 0.1) is 21.7 Å². The van der Waals surface area contributed by atoms with Gasteiger partial charge in [-0.3, -0.25) is 14.9 Å². The molecule has 2 rings (SSSR count). The van der Waals surface area contributed by atoms with E-state index in [9.17, 15) is 19.7 Å². The highest BCUT2D eigenvalue weighted by atomic mass is 16.6. The van der Waals surface area contributed by atoms with Gasteiger partial charge in [0.25, 0.3) is 11.6 Å². The van der Waals surface area contributed by atoms with E-state index in [2.05, 4.69) is 5.32 Å². The van der Waals surface area contributed by atoms with Gasteiger partial charge in [-0.15, -0.1) is 0 Å². The Morgan fingerprint density at radius 2 is 2.00 bits per heavy atom. The molecule has 1 N–H and O–H groups in total. The minimum atomic E-state index is -0.658. The fourth-order valence-corrected chi connectivity index (χ4v) is 2.21. The zero-order valence-corrected chi connectivity index (χ0v) is 14.1. The summed E-state index contributed by atoms with van der Waals surface area (Å²) in [5.41, 5.74) is 1.83. The van der Waals surface area contributed by atoms with Crippen LogP contribution in [0, 0.1) is 35.3 Å². The minimum absolute atomic E-state index is 0.0617. The van der Waals surface area contributed by atoms with Gasteiger partial charge in [0.2, 0.25) is 0 Å². The van der Waals surface area contributed by atoms with Gasteiger partial charge < -0.3 is 10.1 Å². The molecule has 0 aliphatic heterocycles. The fraction of sp³-hybridized carbons (Fsp3) is 0.167. The molecule has 26 heavy (non-hydrogen) atoms. The molecule has 0 saturated heterocycles. The number of nitriles is 1. The van der Waals surface area contributed by atoms with Crippen LogP contribution >= 0.6 is 0 Å². The van der Waals surface area contributed by atoms with E-state index >= 15 is 0 Å². The second kappa shape index (κ2) is 7.90. The highest BCUT2D eigenvalue weighted by Crippen LogP contribution is 2.21. The lowest BCUT2D eigenvalue weighted by atomic mass is 10.0. The van der Waals surface area contributed by atoms with E-state index in [4.69, 9.17) is 10.00 Å². The molecule has 0 spiro atoms. The summed E-state index contributed by atoms with van der Waals surface area (Å²) in [5, 5.41) is 22.2. The Hall–Kier alpha value is -3.73. The van der Waals surface area contributed by atoms with Gasteiger partial charge in [0, 0.05) is 12.1 Å². The third kappa shape index (κ3) is 4.21. The summed E-state index contributed by atoms with van der Waals surface area (Å²) in [6.07, 6.45) is 0. The smallest absolute Gasteiger partial charge is 0.338 e. The summed E-state index contributed by atoms with van der Waals surface area (Å²) in [5.74, 6) is -1.29. The average Bonchev–Trinajstić information content (AvgIpc) is 2.62. The quantitative estimate of drug-likeness (QED) is 0.501. The number of nitro groups is 1. The van der Waals surface area contributed by atoms with Crippen molar-refractivity contribution in [3.05, 3.63) is 68.8 Å².